The highest BCUT2D eigenvalue weighted by molar-refractivity contribution is 6.01. The lowest BCUT2D eigenvalue weighted by Gasteiger charge is -2.37. The predicted molar refractivity (Wildman–Crippen MR) is 146 cm³/mol. The number of ether oxygens (including phenoxy) is 1. The molecule has 190 valence electrons. The molecule has 37 heavy (non-hydrogen) atoms. The summed E-state index contributed by atoms with van der Waals surface area (Å²) in [5, 5.41) is 8.08. The van der Waals surface area contributed by atoms with Gasteiger partial charge in [0, 0.05) is 32.4 Å². The van der Waals surface area contributed by atoms with Crippen molar-refractivity contribution in [3.8, 4) is 16.9 Å². The van der Waals surface area contributed by atoms with Crippen LogP contribution in [0.4, 0.5) is 17.3 Å². The van der Waals surface area contributed by atoms with E-state index in [9.17, 15) is 4.79 Å². The summed E-state index contributed by atoms with van der Waals surface area (Å²) in [6.45, 7) is 3.12. The molecule has 0 bridgehead atoms. The molecule has 2 aromatic heterocycles. The molecule has 0 atom stereocenters. The standard InChI is InChI=1S/C28H31N7O2/c29-27-26-22(32-33-27)15-19(17-24(26)37-20-5-1-2-6-20)18-8-9-21(28(30)36)23(16-18)34-11-13-35(14-12-34)25-7-3-4-10-31-25/h3-4,7-10,15-17,20H,1-2,5-6,11-14H2,(H2,30,36)(H3,29,32,33). The summed E-state index contributed by atoms with van der Waals surface area (Å²) in [7, 11) is 0. The van der Waals surface area contributed by atoms with Crippen LogP contribution in [0.5, 0.6) is 5.75 Å². The molecule has 2 fully saturated rings. The molecule has 4 aromatic rings. The summed E-state index contributed by atoms with van der Waals surface area (Å²) in [6.07, 6.45) is 6.46. The molecule has 0 spiro atoms. The number of primary amides is 1. The van der Waals surface area contributed by atoms with Crippen molar-refractivity contribution >= 4 is 34.1 Å². The second-order valence-corrected chi connectivity index (χ2v) is 9.79. The number of nitrogens with zero attached hydrogens (tertiary/aromatic N) is 4. The molecule has 3 heterocycles. The number of nitrogen functional groups attached to an aromatic ring is 1. The Labute approximate surface area is 215 Å². The highest BCUT2D eigenvalue weighted by Crippen LogP contribution is 2.38. The zero-order valence-electron chi connectivity index (χ0n) is 20.7. The van der Waals surface area contributed by atoms with Crippen molar-refractivity contribution in [3.63, 3.8) is 0 Å². The van der Waals surface area contributed by atoms with Crippen LogP contribution in [0.2, 0.25) is 0 Å². The number of aromatic nitrogens is 3. The lowest BCUT2D eigenvalue weighted by atomic mass is 9.99. The number of nitrogens with one attached hydrogen (secondary N) is 1. The summed E-state index contributed by atoms with van der Waals surface area (Å²) in [6, 6.07) is 15.8. The third-order valence-corrected chi connectivity index (χ3v) is 7.44. The lowest BCUT2D eigenvalue weighted by molar-refractivity contribution is 0.100. The van der Waals surface area contributed by atoms with Gasteiger partial charge in [-0.3, -0.25) is 9.89 Å². The normalized spacial score (nSPS) is 16.4. The van der Waals surface area contributed by atoms with Gasteiger partial charge in [-0.15, -0.1) is 0 Å². The second-order valence-electron chi connectivity index (χ2n) is 9.79. The van der Waals surface area contributed by atoms with Crippen molar-refractivity contribution in [1.82, 2.24) is 15.2 Å². The third kappa shape index (κ3) is 4.52. The number of carbonyl (C=O) groups is 1. The van der Waals surface area contributed by atoms with Gasteiger partial charge in [0.25, 0.3) is 5.91 Å². The van der Waals surface area contributed by atoms with Crippen LogP contribution >= 0.6 is 0 Å². The molecule has 9 nitrogen and oxygen atoms in total. The fourth-order valence-electron chi connectivity index (χ4n) is 5.49. The van der Waals surface area contributed by atoms with E-state index in [0.29, 0.717) is 11.4 Å². The fraction of sp³-hybridized carbons (Fsp3) is 0.321. The number of benzene rings is 2. The number of rotatable bonds is 6. The number of nitrogens with two attached hydrogens (primary N) is 2. The number of aromatic amines is 1. The van der Waals surface area contributed by atoms with Crippen LogP contribution in [0.3, 0.4) is 0 Å². The Morgan fingerprint density at radius 1 is 0.973 bits per heavy atom. The number of amides is 1. The molecule has 2 aliphatic rings. The number of fused-ring (bicyclic) bond motifs is 1. The van der Waals surface area contributed by atoms with E-state index in [0.717, 1.165) is 78.3 Å². The largest absolute Gasteiger partial charge is 0.490 e. The lowest BCUT2D eigenvalue weighted by Crippen LogP contribution is -2.47. The zero-order chi connectivity index (χ0) is 25.4. The summed E-state index contributed by atoms with van der Waals surface area (Å²) in [5.74, 6) is 1.71. The number of hydrogen-bond donors (Lipinski definition) is 3. The molecule has 5 N–H and O–H groups in total. The fourth-order valence-corrected chi connectivity index (χ4v) is 5.49. The van der Waals surface area contributed by atoms with E-state index < -0.39 is 5.91 Å². The topological polar surface area (TPSA) is 126 Å². The maximum atomic E-state index is 12.4. The van der Waals surface area contributed by atoms with Crippen molar-refractivity contribution in [1.29, 1.82) is 0 Å². The summed E-state index contributed by atoms with van der Waals surface area (Å²) in [4.78, 5) is 21.3. The zero-order valence-corrected chi connectivity index (χ0v) is 20.7. The van der Waals surface area contributed by atoms with E-state index in [1.807, 2.05) is 48.7 Å². The van der Waals surface area contributed by atoms with Crippen LogP contribution in [-0.4, -0.2) is 53.4 Å². The van der Waals surface area contributed by atoms with Gasteiger partial charge in [0.1, 0.15) is 11.6 Å². The average Bonchev–Trinajstić information content (AvgIpc) is 3.58. The minimum Gasteiger partial charge on any atom is -0.490 e. The predicted octanol–water partition coefficient (Wildman–Crippen LogP) is 3.95. The van der Waals surface area contributed by atoms with Crippen molar-refractivity contribution in [2.24, 2.45) is 5.73 Å². The molecular formula is C28H31N7O2. The molecule has 1 amide bonds. The number of pyridine rings is 1. The van der Waals surface area contributed by atoms with Gasteiger partial charge in [-0.2, -0.15) is 5.10 Å². The smallest absolute Gasteiger partial charge is 0.250 e. The Bertz CT molecular complexity index is 1420. The molecule has 1 saturated carbocycles. The van der Waals surface area contributed by atoms with Gasteiger partial charge in [0.2, 0.25) is 0 Å². The number of anilines is 3. The van der Waals surface area contributed by atoms with Crippen LogP contribution in [0.25, 0.3) is 22.0 Å². The van der Waals surface area contributed by atoms with Crippen molar-refractivity contribution in [3.05, 3.63) is 60.3 Å². The van der Waals surface area contributed by atoms with E-state index in [4.69, 9.17) is 16.2 Å². The first-order valence-corrected chi connectivity index (χ1v) is 12.9. The summed E-state index contributed by atoms with van der Waals surface area (Å²) >= 11 is 0. The third-order valence-electron chi connectivity index (χ3n) is 7.44. The number of carbonyl (C=O) groups excluding carboxylic acids is 1. The maximum Gasteiger partial charge on any atom is 0.250 e. The Morgan fingerprint density at radius 3 is 2.49 bits per heavy atom. The van der Waals surface area contributed by atoms with Crippen LogP contribution in [0.15, 0.2) is 54.7 Å². The van der Waals surface area contributed by atoms with Gasteiger partial charge in [-0.1, -0.05) is 12.1 Å². The van der Waals surface area contributed by atoms with E-state index in [2.05, 4.69) is 31.0 Å². The molecule has 9 heteroatoms. The quantitative estimate of drug-likeness (QED) is 0.368. The van der Waals surface area contributed by atoms with Crippen LogP contribution in [0, 0.1) is 0 Å². The Morgan fingerprint density at radius 2 is 1.76 bits per heavy atom. The molecule has 1 aliphatic heterocycles. The van der Waals surface area contributed by atoms with Gasteiger partial charge >= 0.3 is 0 Å². The van der Waals surface area contributed by atoms with E-state index in [-0.39, 0.29) is 6.10 Å². The first kappa shape index (κ1) is 23.1. The molecule has 1 aliphatic carbocycles. The SMILES string of the molecule is NC(=O)c1ccc(-c2cc(OC3CCCC3)c3c(N)n[nH]c3c2)cc1N1CCN(c2ccccn2)CC1. The maximum absolute atomic E-state index is 12.4. The van der Waals surface area contributed by atoms with Gasteiger partial charge in [-0.25, -0.2) is 4.98 Å². The molecular weight excluding hydrogens is 466 g/mol. The number of piperazine rings is 1. The van der Waals surface area contributed by atoms with Crippen molar-refractivity contribution in [2.75, 3.05) is 41.7 Å². The Kier molecular flexibility index (Phi) is 6.04. The first-order valence-electron chi connectivity index (χ1n) is 12.9. The Hall–Kier alpha value is -4.27. The van der Waals surface area contributed by atoms with Crippen molar-refractivity contribution in [2.45, 2.75) is 31.8 Å². The van der Waals surface area contributed by atoms with Gasteiger partial charge in [0.05, 0.1) is 28.3 Å². The Balaban J connectivity index is 1.33. The first-order chi connectivity index (χ1) is 18.1. The molecule has 1 saturated heterocycles. The van der Waals surface area contributed by atoms with Crippen LogP contribution < -0.4 is 26.0 Å². The second kappa shape index (κ2) is 9.65. The van der Waals surface area contributed by atoms with E-state index in [1.165, 1.54) is 12.8 Å². The van der Waals surface area contributed by atoms with E-state index >= 15 is 0 Å². The molecule has 2 aromatic carbocycles. The molecule has 0 radical (unpaired) electrons. The van der Waals surface area contributed by atoms with E-state index in [1.54, 1.807) is 0 Å². The minimum atomic E-state index is -0.434. The minimum absolute atomic E-state index is 0.191. The monoisotopic (exact) mass is 497 g/mol. The van der Waals surface area contributed by atoms with Crippen molar-refractivity contribution < 1.29 is 9.53 Å². The number of H-pyrrole nitrogens is 1. The van der Waals surface area contributed by atoms with Crippen LogP contribution in [-0.2, 0) is 0 Å². The number of hydrogen-bond acceptors (Lipinski definition) is 7. The van der Waals surface area contributed by atoms with Crippen LogP contribution in [0.1, 0.15) is 36.0 Å². The van der Waals surface area contributed by atoms with Gasteiger partial charge in [-0.05, 0) is 73.2 Å². The van der Waals surface area contributed by atoms with Gasteiger partial charge in [0.15, 0.2) is 5.82 Å². The average molecular weight is 498 g/mol. The molecule has 6 rings (SSSR count). The molecule has 0 unspecified atom stereocenters. The summed E-state index contributed by atoms with van der Waals surface area (Å²) < 4.78 is 6.42. The summed E-state index contributed by atoms with van der Waals surface area (Å²) in [5.41, 5.74) is 16.1. The van der Waals surface area contributed by atoms with Gasteiger partial charge < -0.3 is 26.0 Å². The highest BCUT2D eigenvalue weighted by atomic mass is 16.5. The highest BCUT2D eigenvalue weighted by Gasteiger charge is 2.24.